The Kier molecular flexibility index (Phi) is 21.3. The number of unbranched alkanes of at least 4 members (excludes halogenated alkanes) is 3. The molecule has 12 heteroatoms. The van der Waals surface area contributed by atoms with Gasteiger partial charge in [-0.05, 0) is 25.9 Å². The van der Waals surface area contributed by atoms with Crippen molar-refractivity contribution >= 4 is 23.9 Å². The van der Waals surface area contributed by atoms with Crippen molar-refractivity contribution in [2.24, 2.45) is 0 Å². The first-order valence-corrected chi connectivity index (χ1v) is 7.48. The second-order valence-corrected chi connectivity index (χ2v) is 5.37. The molecule has 0 rings (SSSR count). The molecule has 0 saturated heterocycles. The largest absolute Gasteiger partial charge is 1.00 e. The van der Waals surface area contributed by atoms with Gasteiger partial charge in [0, 0.05) is 13.1 Å². The number of rotatable bonds is 15. The molecule has 138 valence electrons. The minimum atomic E-state index is -1.37. The van der Waals surface area contributed by atoms with Gasteiger partial charge in [-0.2, -0.15) is 0 Å². The van der Waals surface area contributed by atoms with Crippen LogP contribution < -0.4 is 69.3 Å². The molecule has 0 aromatic carbocycles. The van der Waals surface area contributed by atoms with Crippen LogP contribution in [0.5, 0.6) is 0 Å². The van der Waals surface area contributed by atoms with Crippen LogP contribution in [0.3, 0.4) is 0 Å². The zero-order valence-electron chi connectivity index (χ0n) is 15.3. The number of hydrogen-bond acceptors (Lipinski definition) is 8. The number of carboxylic acids is 4. The quantitative estimate of drug-likeness (QED) is 0.202. The van der Waals surface area contributed by atoms with Crippen LogP contribution in [0.2, 0.25) is 0 Å². The zero-order valence-corrected chi connectivity index (χ0v) is 19.3. The van der Waals surface area contributed by atoms with Crippen LogP contribution in [0.1, 0.15) is 25.7 Å². The summed E-state index contributed by atoms with van der Waals surface area (Å²) in [5.74, 6) is -4.93. The summed E-state index contributed by atoms with van der Waals surface area (Å²) in [5, 5.41) is 38.4. The Morgan fingerprint density at radius 2 is 0.923 bits per heavy atom. The molecule has 0 aliphatic carbocycles. The predicted molar refractivity (Wildman–Crippen MR) is 76.6 cm³/mol. The van der Waals surface area contributed by atoms with Crippen LogP contribution in [0.25, 0.3) is 0 Å². The van der Waals surface area contributed by atoms with Gasteiger partial charge in [0.2, 0.25) is 0 Å². The fourth-order valence-corrected chi connectivity index (χ4v) is 2.20. The molecule has 0 aromatic rings. The van der Waals surface area contributed by atoms with Crippen molar-refractivity contribution in [2.45, 2.75) is 25.7 Å². The summed E-state index contributed by atoms with van der Waals surface area (Å²) >= 11 is 0. The van der Waals surface area contributed by atoms with Gasteiger partial charge in [-0.1, -0.05) is 12.8 Å². The van der Waals surface area contributed by atoms with Crippen molar-refractivity contribution in [1.29, 1.82) is 0 Å². The third-order valence-electron chi connectivity index (χ3n) is 3.12. The van der Waals surface area contributed by atoms with Gasteiger partial charge in [-0.15, -0.1) is 0 Å². The maximum atomic E-state index is 10.6. The van der Waals surface area contributed by atoms with Crippen LogP contribution in [-0.2, 0) is 19.2 Å². The smallest absolute Gasteiger partial charge is 0.549 e. The Hall–Kier alpha value is -0.200. The van der Waals surface area contributed by atoms with Crippen LogP contribution >= 0.6 is 0 Å². The van der Waals surface area contributed by atoms with E-state index in [0.717, 1.165) is 0 Å². The van der Waals surface area contributed by atoms with Crippen molar-refractivity contribution < 1.29 is 98.7 Å². The second kappa shape index (κ2) is 18.2. The van der Waals surface area contributed by atoms with Crippen LogP contribution in [0, 0.1) is 0 Å². The Bertz CT molecular complexity index is 379. The summed E-state index contributed by atoms with van der Waals surface area (Å²) in [4.78, 5) is 44.8. The van der Waals surface area contributed by atoms with Gasteiger partial charge in [0.15, 0.2) is 0 Å². The Morgan fingerprint density at radius 3 is 1.19 bits per heavy atom. The first kappa shape index (κ1) is 30.5. The molecule has 0 aliphatic heterocycles. The van der Waals surface area contributed by atoms with E-state index in [2.05, 4.69) is 0 Å². The normalized spacial score (nSPS) is 10.1. The maximum absolute atomic E-state index is 10.6. The molecule has 0 atom stereocenters. The number of carbonyl (C=O) groups is 4. The van der Waals surface area contributed by atoms with Gasteiger partial charge in [0.05, 0.1) is 25.0 Å². The van der Waals surface area contributed by atoms with Gasteiger partial charge in [-0.25, -0.2) is 0 Å². The number of carbonyl (C=O) groups excluding carboxylic acids is 2. The van der Waals surface area contributed by atoms with E-state index in [1.54, 1.807) is 0 Å². The fraction of sp³-hybridized carbons (Fsp3) is 0.714. The van der Waals surface area contributed by atoms with Gasteiger partial charge in [0.1, 0.15) is 0 Å². The van der Waals surface area contributed by atoms with E-state index in [4.69, 9.17) is 10.2 Å². The average molecular weight is 392 g/mol. The van der Waals surface area contributed by atoms with E-state index in [1.807, 2.05) is 0 Å². The van der Waals surface area contributed by atoms with E-state index < -0.39 is 37.0 Å². The number of hydrogen-bond donors (Lipinski definition) is 2. The average Bonchev–Trinajstić information content (AvgIpc) is 2.39. The monoisotopic (exact) mass is 392 g/mol. The Balaban J connectivity index is -0.00000264. The third kappa shape index (κ3) is 20.1. The molecule has 0 spiro atoms. The van der Waals surface area contributed by atoms with Crippen molar-refractivity contribution in [2.75, 3.05) is 39.3 Å². The minimum Gasteiger partial charge on any atom is -0.549 e. The van der Waals surface area contributed by atoms with Gasteiger partial charge in [-0.3, -0.25) is 19.4 Å². The zero-order chi connectivity index (χ0) is 18.5. The first-order valence-electron chi connectivity index (χ1n) is 7.48. The van der Waals surface area contributed by atoms with Crippen molar-refractivity contribution in [1.82, 2.24) is 9.80 Å². The topological polar surface area (TPSA) is 161 Å². The first-order chi connectivity index (χ1) is 11.2. The molecule has 0 saturated carbocycles. The van der Waals surface area contributed by atoms with E-state index in [0.29, 0.717) is 32.2 Å². The molecule has 0 fully saturated rings. The maximum Gasteiger partial charge on any atom is 1.00 e. The number of carboxylic acid groups (broad SMARTS) is 4. The molecule has 0 heterocycles. The van der Waals surface area contributed by atoms with E-state index >= 15 is 0 Å². The van der Waals surface area contributed by atoms with Gasteiger partial charge < -0.3 is 30.0 Å². The molecule has 0 radical (unpaired) electrons. The summed E-state index contributed by atoms with van der Waals surface area (Å²) in [6.07, 6.45) is 2.49. The molecular weight excluding hydrogens is 370 g/mol. The van der Waals surface area contributed by atoms with Gasteiger partial charge in [0.25, 0.3) is 0 Å². The van der Waals surface area contributed by atoms with Crippen LogP contribution in [0.15, 0.2) is 0 Å². The molecule has 0 bridgehead atoms. The number of nitrogens with zero attached hydrogens (tertiary/aromatic N) is 2. The molecule has 0 amide bonds. The molecular formula is C14H22N2Na2O8. The van der Waals surface area contributed by atoms with E-state index in [-0.39, 0.29) is 78.7 Å². The predicted octanol–water partition coefficient (Wildman–Crippen LogP) is -9.17. The standard InChI is InChI=1S/C14H24N2O8.2Na/c17-11(18)7-15(8-12(19)20)5-3-1-2-4-6-16(9-13(21)22)10-14(23)24;;/h1-10H2,(H,17,18)(H,19,20)(H,21,22)(H,23,24);;/q;2*+1/p-2. The SMILES string of the molecule is O=C([O-])CN(CCCCCCN(CC(=O)O)CC(=O)O)CC(=O)[O-].[Na+].[Na+]. The fourth-order valence-electron chi connectivity index (χ4n) is 2.20. The molecule has 2 N–H and O–H groups in total. The molecule has 10 nitrogen and oxygen atoms in total. The Labute approximate surface area is 196 Å². The molecule has 0 aliphatic rings. The second-order valence-electron chi connectivity index (χ2n) is 5.37. The summed E-state index contributed by atoms with van der Waals surface area (Å²) in [6.45, 7) is -1.09. The van der Waals surface area contributed by atoms with E-state index in [9.17, 15) is 29.4 Å². The summed E-state index contributed by atoms with van der Waals surface area (Å²) in [6, 6.07) is 0. The van der Waals surface area contributed by atoms with Crippen LogP contribution in [0.4, 0.5) is 0 Å². The van der Waals surface area contributed by atoms with Gasteiger partial charge >= 0.3 is 71.1 Å². The molecule has 0 unspecified atom stereocenters. The summed E-state index contributed by atoms with van der Waals surface area (Å²) in [7, 11) is 0. The Morgan fingerprint density at radius 1 is 0.615 bits per heavy atom. The summed E-state index contributed by atoms with van der Waals surface area (Å²) in [5.41, 5.74) is 0. The minimum absolute atomic E-state index is 0. The van der Waals surface area contributed by atoms with Crippen molar-refractivity contribution in [3.8, 4) is 0 Å². The van der Waals surface area contributed by atoms with E-state index in [1.165, 1.54) is 9.80 Å². The molecule has 0 aromatic heterocycles. The van der Waals surface area contributed by atoms with Crippen LogP contribution in [-0.4, -0.2) is 83.2 Å². The number of aliphatic carboxylic acids is 4. The summed E-state index contributed by atoms with van der Waals surface area (Å²) < 4.78 is 0. The van der Waals surface area contributed by atoms with Crippen molar-refractivity contribution in [3.05, 3.63) is 0 Å². The van der Waals surface area contributed by atoms with Crippen molar-refractivity contribution in [3.63, 3.8) is 0 Å². The third-order valence-corrected chi connectivity index (χ3v) is 3.12. The molecule has 26 heavy (non-hydrogen) atoms.